The molecule has 1 aromatic carbocycles. The number of nitrogens with one attached hydrogen (secondary N) is 2. The van der Waals surface area contributed by atoms with Gasteiger partial charge in [0.15, 0.2) is 0 Å². The Kier molecular flexibility index (Phi) is 2.72. The maximum Gasteiger partial charge on any atom is 0.272 e. The van der Waals surface area contributed by atoms with Crippen LogP contribution in [0.2, 0.25) is 0 Å². The lowest BCUT2D eigenvalue weighted by molar-refractivity contribution is 1.02. The normalized spacial score (nSPS) is 11.4. The monoisotopic (exact) mass is 252 g/mol. The molecule has 5 heteroatoms. The van der Waals surface area contributed by atoms with Crippen molar-refractivity contribution in [3.8, 4) is 0 Å². The van der Waals surface area contributed by atoms with Gasteiger partial charge in [-0.05, 0) is 31.2 Å². The first kappa shape index (κ1) is 11.4. The number of nitrogens with zero attached hydrogens (tertiary/aromatic N) is 2. The highest BCUT2D eigenvalue weighted by atomic mass is 16.1. The lowest BCUT2D eigenvalue weighted by Gasteiger charge is -1.97. The van der Waals surface area contributed by atoms with Crippen LogP contribution >= 0.6 is 0 Å². The van der Waals surface area contributed by atoms with Crippen molar-refractivity contribution in [2.24, 2.45) is 4.99 Å². The molecule has 5 nitrogen and oxygen atoms in total. The predicted octanol–water partition coefficient (Wildman–Crippen LogP) is 2.31. The molecule has 94 valence electrons. The zero-order valence-corrected chi connectivity index (χ0v) is 10.3. The topological polar surface area (TPSA) is 73.9 Å². The molecule has 0 fully saturated rings. The van der Waals surface area contributed by atoms with Gasteiger partial charge in [-0.1, -0.05) is 6.07 Å². The molecule has 2 aromatic heterocycles. The van der Waals surface area contributed by atoms with E-state index in [-0.39, 0.29) is 5.56 Å². The number of pyridine rings is 1. The van der Waals surface area contributed by atoms with Crippen LogP contribution in [0.15, 0.2) is 46.3 Å². The van der Waals surface area contributed by atoms with Crippen LogP contribution in [-0.4, -0.2) is 21.4 Å². The minimum Gasteiger partial charge on any atom is -0.302 e. The fraction of sp³-hybridized carbons (Fsp3) is 0.0714. The summed E-state index contributed by atoms with van der Waals surface area (Å²) in [6.07, 6.45) is 3.33. The van der Waals surface area contributed by atoms with E-state index in [2.05, 4.69) is 20.2 Å². The molecule has 3 aromatic rings. The van der Waals surface area contributed by atoms with Crippen molar-refractivity contribution in [3.05, 3.63) is 58.1 Å². The molecule has 0 amide bonds. The number of hydrogen-bond acceptors (Lipinski definition) is 3. The average Bonchev–Trinajstić information content (AvgIpc) is 2.76. The average molecular weight is 252 g/mol. The molecule has 0 unspecified atom stereocenters. The molecule has 2 heterocycles. The Morgan fingerprint density at radius 3 is 2.95 bits per heavy atom. The number of aliphatic imine (C=N–C) groups is 1. The number of fused-ring (bicyclic) bond motifs is 1. The Morgan fingerprint density at radius 2 is 2.16 bits per heavy atom. The summed E-state index contributed by atoms with van der Waals surface area (Å²) in [4.78, 5) is 20.1. The Balaban J connectivity index is 1.99. The molecular formula is C14H12N4O. The van der Waals surface area contributed by atoms with Crippen LogP contribution in [-0.2, 0) is 0 Å². The first-order valence-corrected chi connectivity index (χ1v) is 5.90. The van der Waals surface area contributed by atoms with Crippen molar-refractivity contribution in [2.45, 2.75) is 6.92 Å². The van der Waals surface area contributed by atoms with E-state index in [9.17, 15) is 4.79 Å². The quantitative estimate of drug-likeness (QED) is 0.687. The van der Waals surface area contributed by atoms with Crippen LogP contribution in [0.5, 0.6) is 0 Å². The highest BCUT2D eigenvalue weighted by Crippen LogP contribution is 2.19. The van der Waals surface area contributed by atoms with Gasteiger partial charge < -0.3 is 5.10 Å². The summed E-state index contributed by atoms with van der Waals surface area (Å²) in [7, 11) is 0. The number of aromatic amines is 2. The molecule has 3 rings (SSSR count). The fourth-order valence-corrected chi connectivity index (χ4v) is 1.89. The minimum atomic E-state index is -0.163. The van der Waals surface area contributed by atoms with Gasteiger partial charge >= 0.3 is 0 Å². The fourth-order valence-electron chi connectivity index (χ4n) is 1.89. The number of aryl methyl sites for hydroxylation is 1. The lowest BCUT2D eigenvalue weighted by atomic mass is 10.2. The van der Waals surface area contributed by atoms with E-state index in [1.807, 2.05) is 37.3 Å². The van der Waals surface area contributed by atoms with Crippen LogP contribution in [0.25, 0.3) is 10.9 Å². The summed E-state index contributed by atoms with van der Waals surface area (Å²) in [5.74, 6) is 0. The van der Waals surface area contributed by atoms with Gasteiger partial charge in [-0.3, -0.25) is 19.9 Å². The van der Waals surface area contributed by atoms with Gasteiger partial charge in [0.05, 0.1) is 16.8 Å². The van der Waals surface area contributed by atoms with Gasteiger partial charge in [0, 0.05) is 23.5 Å². The zero-order chi connectivity index (χ0) is 13.2. The van der Waals surface area contributed by atoms with E-state index in [0.29, 0.717) is 5.56 Å². The Labute approximate surface area is 109 Å². The predicted molar refractivity (Wildman–Crippen MR) is 75.1 cm³/mol. The van der Waals surface area contributed by atoms with Crippen molar-refractivity contribution < 1.29 is 0 Å². The third-order valence-corrected chi connectivity index (χ3v) is 2.94. The molecule has 0 aliphatic carbocycles. The van der Waals surface area contributed by atoms with Crippen molar-refractivity contribution in [3.63, 3.8) is 0 Å². The molecule has 0 bridgehead atoms. The van der Waals surface area contributed by atoms with Gasteiger partial charge in [0.1, 0.15) is 0 Å². The van der Waals surface area contributed by atoms with Crippen LogP contribution in [0.1, 0.15) is 11.3 Å². The van der Waals surface area contributed by atoms with Gasteiger partial charge in [-0.2, -0.15) is 0 Å². The molecule has 0 saturated carbocycles. The summed E-state index contributed by atoms with van der Waals surface area (Å²) in [6.45, 7) is 1.82. The smallest absolute Gasteiger partial charge is 0.272 e. The number of benzene rings is 1. The second kappa shape index (κ2) is 4.53. The second-order valence-electron chi connectivity index (χ2n) is 4.26. The van der Waals surface area contributed by atoms with Gasteiger partial charge in [0.2, 0.25) is 0 Å². The lowest BCUT2D eigenvalue weighted by Crippen LogP contribution is -2.04. The molecule has 0 aliphatic heterocycles. The Bertz CT molecular complexity index is 813. The molecule has 0 radical (unpaired) electrons. The summed E-state index contributed by atoms with van der Waals surface area (Å²) >= 11 is 0. The molecule has 2 N–H and O–H groups in total. The molecule has 19 heavy (non-hydrogen) atoms. The SMILES string of the molecule is Cc1[nH][nH]c(=O)c1C=Nc1ccc2ncccc2c1. The van der Waals surface area contributed by atoms with E-state index < -0.39 is 0 Å². The molecule has 0 atom stereocenters. The van der Waals surface area contributed by atoms with E-state index >= 15 is 0 Å². The third kappa shape index (κ3) is 2.18. The summed E-state index contributed by atoms with van der Waals surface area (Å²) in [6, 6.07) is 9.60. The standard InChI is InChI=1S/C14H12N4O/c1-9-12(14(19)18-17-9)8-16-11-4-5-13-10(7-11)3-2-6-15-13/h2-8H,1H3,(H2,17,18,19). The second-order valence-corrected chi connectivity index (χ2v) is 4.26. The third-order valence-electron chi connectivity index (χ3n) is 2.94. The maximum atomic E-state index is 11.5. The van der Waals surface area contributed by atoms with E-state index in [0.717, 1.165) is 22.3 Å². The first-order valence-electron chi connectivity index (χ1n) is 5.90. The highest BCUT2D eigenvalue weighted by Gasteiger charge is 2.02. The molecule has 0 saturated heterocycles. The number of H-pyrrole nitrogens is 2. The van der Waals surface area contributed by atoms with Crippen LogP contribution in [0.4, 0.5) is 5.69 Å². The van der Waals surface area contributed by atoms with Gasteiger partial charge in [0.25, 0.3) is 5.56 Å². The Morgan fingerprint density at radius 1 is 1.26 bits per heavy atom. The van der Waals surface area contributed by atoms with Crippen LogP contribution in [0, 0.1) is 6.92 Å². The zero-order valence-electron chi connectivity index (χ0n) is 10.3. The summed E-state index contributed by atoms with van der Waals surface area (Å²) in [5, 5.41) is 6.31. The van der Waals surface area contributed by atoms with E-state index in [1.165, 1.54) is 0 Å². The number of rotatable bonds is 2. The van der Waals surface area contributed by atoms with E-state index in [4.69, 9.17) is 0 Å². The summed E-state index contributed by atoms with van der Waals surface area (Å²) in [5.41, 5.74) is 2.88. The molecular weight excluding hydrogens is 240 g/mol. The minimum absolute atomic E-state index is 0.163. The highest BCUT2D eigenvalue weighted by molar-refractivity contribution is 5.86. The first-order chi connectivity index (χ1) is 9.24. The maximum absolute atomic E-state index is 11.5. The van der Waals surface area contributed by atoms with Gasteiger partial charge in [-0.15, -0.1) is 0 Å². The van der Waals surface area contributed by atoms with Crippen molar-refractivity contribution >= 4 is 22.8 Å². The van der Waals surface area contributed by atoms with Crippen molar-refractivity contribution in [2.75, 3.05) is 0 Å². The van der Waals surface area contributed by atoms with Crippen molar-refractivity contribution in [1.29, 1.82) is 0 Å². The summed E-state index contributed by atoms with van der Waals surface area (Å²) < 4.78 is 0. The molecule has 0 spiro atoms. The van der Waals surface area contributed by atoms with Crippen molar-refractivity contribution in [1.82, 2.24) is 15.2 Å². The molecule has 0 aliphatic rings. The largest absolute Gasteiger partial charge is 0.302 e. The van der Waals surface area contributed by atoms with E-state index in [1.54, 1.807) is 12.4 Å². The Hall–Kier alpha value is -2.69. The number of hydrogen-bond donors (Lipinski definition) is 2. The number of aromatic nitrogens is 3. The van der Waals surface area contributed by atoms with Crippen LogP contribution < -0.4 is 5.56 Å². The van der Waals surface area contributed by atoms with Crippen LogP contribution in [0.3, 0.4) is 0 Å². The van der Waals surface area contributed by atoms with Gasteiger partial charge in [-0.25, -0.2) is 0 Å².